The zero-order chi connectivity index (χ0) is 6.41. The predicted molar refractivity (Wildman–Crippen MR) is 40.2 cm³/mol. The maximum atomic E-state index is 3.25. The maximum absolute atomic E-state index is 3.25. The van der Waals surface area contributed by atoms with Crippen LogP contribution >= 0.6 is 0 Å². The van der Waals surface area contributed by atoms with Crippen LogP contribution < -0.4 is 5.32 Å². The Bertz CT molecular complexity index is 44.2. The SMILES string of the molecule is CCC[C@H](CC)NC.[HH]. The first-order valence-corrected chi connectivity index (χ1v) is 3.52. The van der Waals surface area contributed by atoms with E-state index in [2.05, 4.69) is 19.2 Å². The third-order valence-corrected chi connectivity index (χ3v) is 1.54. The molecule has 52 valence electrons. The molecular weight excluding hydrogens is 98.1 g/mol. The minimum atomic E-state index is 0. The van der Waals surface area contributed by atoms with Gasteiger partial charge >= 0.3 is 0 Å². The highest BCUT2D eigenvalue weighted by molar-refractivity contribution is 4.59. The van der Waals surface area contributed by atoms with Gasteiger partial charge in [0.15, 0.2) is 0 Å². The second-order valence-corrected chi connectivity index (χ2v) is 2.18. The molecule has 0 saturated heterocycles. The van der Waals surface area contributed by atoms with E-state index in [0.717, 1.165) is 6.04 Å². The molecule has 0 aliphatic carbocycles. The molecule has 0 heterocycles. The summed E-state index contributed by atoms with van der Waals surface area (Å²) in [6.45, 7) is 4.44. The molecule has 0 radical (unpaired) electrons. The Labute approximate surface area is 54.0 Å². The second-order valence-electron chi connectivity index (χ2n) is 2.18. The molecule has 0 rings (SSSR count). The van der Waals surface area contributed by atoms with Crippen LogP contribution in [0.1, 0.15) is 34.5 Å². The van der Waals surface area contributed by atoms with Gasteiger partial charge in [-0.25, -0.2) is 0 Å². The molecule has 0 aromatic rings. The molecule has 0 saturated carbocycles. The minimum Gasteiger partial charge on any atom is -0.317 e. The minimum absolute atomic E-state index is 0. The number of hydrogen-bond acceptors (Lipinski definition) is 1. The van der Waals surface area contributed by atoms with Crippen LogP contribution in [0.25, 0.3) is 0 Å². The predicted octanol–water partition coefficient (Wildman–Crippen LogP) is 2.03. The summed E-state index contributed by atoms with van der Waals surface area (Å²) in [6, 6.07) is 0.750. The molecule has 0 aromatic heterocycles. The highest BCUT2D eigenvalue weighted by Gasteiger charge is 1.97. The van der Waals surface area contributed by atoms with Crippen molar-refractivity contribution in [2.45, 2.75) is 39.2 Å². The lowest BCUT2D eigenvalue weighted by molar-refractivity contribution is 0.503. The van der Waals surface area contributed by atoms with Crippen molar-refractivity contribution < 1.29 is 1.43 Å². The van der Waals surface area contributed by atoms with E-state index in [1.807, 2.05) is 7.05 Å². The molecule has 1 nitrogen and oxygen atoms in total. The van der Waals surface area contributed by atoms with Gasteiger partial charge in [0.25, 0.3) is 0 Å². The molecule has 1 atom stereocenters. The van der Waals surface area contributed by atoms with E-state index in [4.69, 9.17) is 0 Å². The smallest absolute Gasteiger partial charge is 0.00613 e. The molecule has 8 heavy (non-hydrogen) atoms. The fourth-order valence-corrected chi connectivity index (χ4v) is 0.901. The largest absolute Gasteiger partial charge is 0.317 e. The van der Waals surface area contributed by atoms with E-state index in [0.29, 0.717) is 0 Å². The van der Waals surface area contributed by atoms with Crippen molar-refractivity contribution in [2.75, 3.05) is 7.05 Å². The summed E-state index contributed by atoms with van der Waals surface area (Å²) in [7, 11) is 2.03. The van der Waals surface area contributed by atoms with Crippen molar-refractivity contribution in [3.05, 3.63) is 0 Å². The lowest BCUT2D eigenvalue weighted by Crippen LogP contribution is -2.23. The van der Waals surface area contributed by atoms with Crippen molar-refractivity contribution in [1.82, 2.24) is 5.32 Å². The Morgan fingerprint density at radius 2 is 2.12 bits per heavy atom. The highest BCUT2D eigenvalue weighted by atomic mass is 14.9. The first-order valence-electron chi connectivity index (χ1n) is 3.52. The third-order valence-electron chi connectivity index (χ3n) is 1.54. The second kappa shape index (κ2) is 5.10. The van der Waals surface area contributed by atoms with Crippen molar-refractivity contribution in [3.63, 3.8) is 0 Å². The molecular formula is C7H19N. The summed E-state index contributed by atoms with van der Waals surface area (Å²) in [5, 5.41) is 3.25. The van der Waals surface area contributed by atoms with Gasteiger partial charge in [-0.1, -0.05) is 20.3 Å². The van der Waals surface area contributed by atoms with Crippen LogP contribution in [0.2, 0.25) is 0 Å². The van der Waals surface area contributed by atoms with Crippen molar-refractivity contribution in [1.29, 1.82) is 0 Å². The highest BCUT2D eigenvalue weighted by Crippen LogP contribution is 1.98. The number of hydrogen-bond donors (Lipinski definition) is 1. The van der Waals surface area contributed by atoms with Gasteiger partial charge in [0.1, 0.15) is 0 Å². The van der Waals surface area contributed by atoms with Crippen LogP contribution in [0, 0.1) is 0 Å². The molecule has 0 unspecified atom stereocenters. The molecule has 1 heteroatoms. The van der Waals surface area contributed by atoms with Gasteiger partial charge in [-0.2, -0.15) is 0 Å². The van der Waals surface area contributed by atoms with Crippen LogP contribution in [0.5, 0.6) is 0 Å². The summed E-state index contributed by atoms with van der Waals surface area (Å²) in [5.74, 6) is 0. The Hall–Kier alpha value is -0.0400. The van der Waals surface area contributed by atoms with Crippen molar-refractivity contribution in [3.8, 4) is 0 Å². The first-order chi connectivity index (χ1) is 3.85. The van der Waals surface area contributed by atoms with Gasteiger partial charge in [-0.3, -0.25) is 0 Å². The number of rotatable bonds is 4. The number of nitrogens with one attached hydrogen (secondary N) is 1. The molecule has 0 aliphatic heterocycles. The summed E-state index contributed by atoms with van der Waals surface area (Å²) < 4.78 is 0. The summed E-state index contributed by atoms with van der Waals surface area (Å²) in [5.41, 5.74) is 0. The van der Waals surface area contributed by atoms with Crippen LogP contribution in [-0.2, 0) is 0 Å². The summed E-state index contributed by atoms with van der Waals surface area (Å²) >= 11 is 0. The van der Waals surface area contributed by atoms with E-state index in [9.17, 15) is 0 Å². The molecule has 0 bridgehead atoms. The molecule has 0 aliphatic rings. The Kier molecular flexibility index (Phi) is 5.08. The average Bonchev–Trinajstić information content (AvgIpc) is 1.83. The first kappa shape index (κ1) is 7.96. The molecule has 0 amide bonds. The quantitative estimate of drug-likeness (QED) is 0.594. The lowest BCUT2D eigenvalue weighted by Gasteiger charge is -2.10. The van der Waals surface area contributed by atoms with Crippen molar-refractivity contribution >= 4 is 0 Å². The molecule has 0 fully saturated rings. The normalized spacial score (nSPS) is 13.9. The van der Waals surface area contributed by atoms with E-state index in [1.54, 1.807) is 0 Å². The van der Waals surface area contributed by atoms with Gasteiger partial charge in [0, 0.05) is 7.47 Å². The summed E-state index contributed by atoms with van der Waals surface area (Å²) in [4.78, 5) is 0. The van der Waals surface area contributed by atoms with Crippen LogP contribution in [0.3, 0.4) is 0 Å². The average molecular weight is 117 g/mol. The lowest BCUT2D eigenvalue weighted by atomic mass is 10.1. The van der Waals surface area contributed by atoms with Gasteiger partial charge in [-0.15, -0.1) is 0 Å². The van der Waals surface area contributed by atoms with Gasteiger partial charge in [0.2, 0.25) is 0 Å². The molecule has 1 N–H and O–H groups in total. The summed E-state index contributed by atoms with van der Waals surface area (Å²) in [6.07, 6.45) is 3.86. The Balaban J connectivity index is 0. The van der Waals surface area contributed by atoms with E-state index < -0.39 is 0 Å². The van der Waals surface area contributed by atoms with E-state index >= 15 is 0 Å². The maximum Gasteiger partial charge on any atom is 0.00613 e. The fourth-order valence-electron chi connectivity index (χ4n) is 0.901. The Morgan fingerprint density at radius 1 is 1.50 bits per heavy atom. The van der Waals surface area contributed by atoms with Crippen LogP contribution in [0.15, 0.2) is 0 Å². The monoisotopic (exact) mass is 117 g/mol. The van der Waals surface area contributed by atoms with Gasteiger partial charge in [0.05, 0.1) is 0 Å². The Morgan fingerprint density at radius 3 is 2.25 bits per heavy atom. The topological polar surface area (TPSA) is 12.0 Å². The molecule has 0 spiro atoms. The van der Waals surface area contributed by atoms with E-state index in [1.165, 1.54) is 19.3 Å². The van der Waals surface area contributed by atoms with E-state index in [-0.39, 0.29) is 1.43 Å². The van der Waals surface area contributed by atoms with Crippen molar-refractivity contribution in [2.24, 2.45) is 0 Å². The van der Waals surface area contributed by atoms with Gasteiger partial charge < -0.3 is 5.32 Å². The zero-order valence-electron chi connectivity index (χ0n) is 6.20. The van der Waals surface area contributed by atoms with Crippen LogP contribution in [0.4, 0.5) is 0 Å². The van der Waals surface area contributed by atoms with Gasteiger partial charge in [-0.05, 0) is 19.9 Å². The fraction of sp³-hybridized carbons (Fsp3) is 1.00. The zero-order valence-corrected chi connectivity index (χ0v) is 6.20. The third kappa shape index (κ3) is 3.03. The standard InChI is InChI=1S/C7H17N.H2/c1-4-6-7(5-2)8-3;/h7-8H,4-6H2,1-3H3;1H/t7-;/m0./s1. The molecule has 0 aromatic carbocycles. The van der Waals surface area contributed by atoms with Crippen LogP contribution in [-0.4, -0.2) is 13.1 Å².